The first-order valence-corrected chi connectivity index (χ1v) is 15.5. The van der Waals surface area contributed by atoms with E-state index in [4.69, 9.17) is 5.73 Å². The van der Waals surface area contributed by atoms with Gasteiger partial charge in [-0.15, -0.1) is 0 Å². The fourth-order valence-corrected chi connectivity index (χ4v) is 8.51. The Morgan fingerprint density at radius 3 is 1.82 bits per heavy atom. The zero-order valence-corrected chi connectivity index (χ0v) is 23.5. The number of likely N-dealkylation sites (tertiary alicyclic amines) is 1. The number of amides is 2. The molecule has 1 fully saturated rings. The predicted octanol–water partition coefficient (Wildman–Crippen LogP) is 4.53. The number of nitrogens with zero attached hydrogens (tertiary/aromatic N) is 2. The molecule has 1 saturated heterocycles. The van der Waals surface area contributed by atoms with Crippen molar-refractivity contribution in [2.24, 2.45) is 5.73 Å². The van der Waals surface area contributed by atoms with Gasteiger partial charge < -0.3 is 15.7 Å². The highest BCUT2D eigenvalue weighted by molar-refractivity contribution is 7.60. The van der Waals surface area contributed by atoms with Crippen molar-refractivity contribution in [1.29, 1.82) is 0 Å². The van der Waals surface area contributed by atoms with Gasteiger partial charge in [-0.05, 0) is 36.5 Å². The second-order valence-electron chi connectivity index (χ2n) is 10.3. The number of carbonyl (C=O) groups excluding carboxylic acids is 2. The molecule has 3 aromatic carbocycles. The third-order valence-corrected chi connectivity index (χ3v) is 10.2. The zero-order chi connectivity index (χ0) is 28.7. The largest absolute Gasteiger partial charge is 0.480 e. The van der Waals surface area contributed by atoms with E-state index in [2.05, 4.69) is 0 Å². The van der Waals surface area contributed by atoms with Crippen LogP contribution in [0.2, 0.25) is 0 Å². The Kier molecular flexibility index (Phi) is 9.56. The van der Waals surface area contributed by atoms with Gasteiger partial charge >= 0.3 is 5.97 Å². The summed E-state index contributed by atoms with van der Waals surface area (Å²) in [6.07, 6.45) is 0.897. The minimum Gasteiger partial charge on any atom is -0.480 e. The Hall–Kier alpha value is -3.74. The third-order valence-electron chi connectivity index (χ3n) is 7.23. The summed E-state index contributed by atoms with van der Waals surface area (Å²) in [4.78, 5) is 41.8. The standard InChI is InChI=1S/C31H36N3O5P/c1-23(32)29(35)33-19-11-18-27(33)30(36)34(28(31(37)38)20-24-12-5-2-6-13-24)40(39,21-25-14-7-3-8-15-25)22-26-16-9-4-10-17-26/h2-10,12-17,23,27-28H,11,18-22,32H2,1H3,(H,37,38)/t23-,27-,28-/m0/s1. The lowest BCUT2D eigenvalue weighted by Gasteiger charge is -2.39. The maximum Gasteiger partial charge on any atom is 0.327 e. The minimum atomic E-state index is -3.78. The average molecular weight is 562 g/mol. The van der Waals surface area contributed by atoms with Crippen LogP contribution >= 0.6 is 7.29 Å². The lowest BCUT2D eigenvalue weighted by atomic mass is 10.1. The Labute approximate surface area is 235 Å². The second-order valence-corrected chi connectivity index (χ2v) is 13.1. The number of carbonyl (C=O) groups is 3. The van der Waals surface area contributed by atoms with Gasteiger partial charge in [0.1, 0.15) is 12.1 Å². The van der Waals surface area contributed by atoms with Gasteiger partial charge in [-0.1, -0.05) is 91.0 Å². The molecular weight excluding hydrogens is 525 g/mol. The SMILES string of the molecule is C[C@H](N)C(=O)N1CCC[C@H]1C(=O)N([C@@H](Cc1ccccc1)C(=O)O)P(=O)(Cc1ccccc1)Cc1ccccc1. The fraction of sp³-hybridized carbons (Fsp3) is 0.323. The molecule has 4 rings (SSSR count). The first-order chi connectivity index (χ1) is 19.2. The molecule has 1 heterocycles. The van der Waals surface area contributed by atoms with Crippen LogP contribution in [0.15, 0.2) is 91.0 Å². The van der Waals surface area contributed by atoms with Crippen LogP contribution in [0.4, 0.5) is 0 Å². The molecule has 0 saturated carbocycles. The number of hydrogen-bond donors (Lipinski definition) is 2. The van der Waals surface area contributed by atoms with Crippen molar-refractivity contribution in [2.45, 2.75) is 56.6 Å². The molecule has 0 aliphatic carbocycles. The summed E-state index contributed by atoms with van der Waals surface area (Å²) in [6.45, 7) is 1.90. The van der Waals surface area contributed by atoms with Gasteiger partial charge in [0.2, 0.25) is 5.91 Å². The van der Waals surface area contributed by atoms with Gasteiger partial charge in [0.15, 0.2) is 7.29 Å². The number of nitrogens with two attached hydrogens (primary N) is 1. The fourth-order valence-electron chi connectivity index (χ4n) is 5.35. The Balaban J connectivity index is 1.85. The predicted molar refractivity (Wildman–Crippen MR) is 155 cm³/mol. The first kappa shape index (κ1) is 29.2. The van der Waals surface area contributed by atoms with E-state index in [0.717, 1.165) is 15.8 Å². The highest BCUT2D eigenvalue weighted by Gasteiger charge is 2.48. The highest BCUT2D eigenvalue weighted by Crippen LogP contribution is 2.57. The molecule has 0 spiro atoms. The molecule has 3 aromatic rings. The summed E-state index contributed by atoms with van der Waals surface area (Å²) in [5.41, 5.74) is 8.06. The molecule has 0 unspecified atom stereocenters. The zero-order valence-electron chi connectivity index (χ0n) is 22.6. The van der Waals surface area contributed by atoms with Crippen molar-refractivity contribution >= 4 is 25.1 Å². The monoisotopic (exact) mass is 561 g/mol. The van der Waals surface area contributed by atoms with Crippen molar-refractivity contribution in [3.8, 4) is 0 Å². The van der Waals surface area contributed by atoms with Crippen molar-refractivity contribution in [2.75, 3.05) is 6.54 Å². The van der Waals surface area contributed by atoms with E-state index in [0.29, 0.717) is 24.9 Å². The number of carboxylic acid groups (broad SMARTS) is 1. The molecule has 0 aromatic heterocycles. The van der Waals surface area contributed by atoms with Gasteiger partial charge in [-0.2, -0.15) is 0 Å². The molecule has 8 nitrogen and oxygen atoms in total. The smallest absolute Gasteiger partial charge is 0.327 e. The van der Waals surface area contributed by atoms with Gasteiger partial charge in [-0.3, -0.25) is 18.8 Å². The van der Waals surface area contributed by atoms with E-state index in [1.54, 1.807) is 31.2 Å². The molecule has 210 valence electrons. The number of hydrogen-bond acceptors (Lipinski definition) is 5. The molecule has 3 N–H and O–H groups in total. The van der Waals surface area contributed by atoms with E-state index in [9.17, 15) is 19.5 Å². The lowest BCUT2D eigenvalue weighted by molar-refractivity contribution is -0.149. The normalized spacial score (nSPS) is 16.8. The van der Waals surface area contributed by atoms with Gasteiger partial charge in [0.25, 0.3) is 5.91 Å². The van der Waals surface area contributed by atoms with E-state index >= 15 is 4.57 Å². The van der Waals surface area contributed by atoms with E-state index < -0.39 is 37.3 Å². The number of benzene rings is 3. The summed E-state index contributed by atoms with van der Waals surface area (Å²) in [6, 6.07) is 24.2. The highest BCUT2D eigenvalue weighted by atomic mass is 31.2. The Morgan fingerprint density at radius 1 is 0.900 bits per heavy atom. The summed E-state index contributed by atoms with van der Waals surface area (Å²) in [7, 11) is -3.78. The molecule has 1 aliphatic heterocycles. The van der Waals surface area contributed by atoms with Crippen LogP contribution < -0.4 is 5.73 Å². The summed E-state index contributed by atoms with van der Waals surface area (Å²) < 4.78 is 16.4. The molecule has 0 radical (unpaired) electrons. The maximum atomic E-state index is 15.3. The van der Waals surface area contributed by atoms with Crippen molar-refractivity contribution < 1.29 is 24.1 Å². The molecule has 0 bridgehead atoms. The van der Waals surface area contributed by atoms with Gasteiger partial charge in [-0.25, -0.2) is 4.79 Å². The quantitative estimate of drug-likeness (QED) is 0.332. The number of carboxylic acids is 1. The van der Waals surface area contributed by atoms with Crippen molar-refractivity contribution in [3.63, 3.8) is 0 Å². The van der Waals surface area contributed by atoms with E-state index in [1.165, 1.54) is 4.90 Å². The number of rotatable bonds is 11. The van der Waals surface area contributed by atoms with Crippen LogP contribution in [-0.2, 0) is 37.7 Å². The molecule has 40 heavy (non-hydrogen) atoms. The number of aliphatic carboxylic acids is 1. The maximum absolute atomic E-state index is 15.3. The van der Waals surface area contributed by atoms with Crippen LogP contribution in [0.25, 0.3) is 0 Å². The summed E-state index contributed by atoms with van der Waals surface area (Å²) in [5.74, 6) is -2.24. The van der Waals surface area contributed by atoms with Crippen LogP contribution in [0.1, 0.15) is 36.5 Å². The van der Waals surface area contributed by atoms with Crippen LogP contribution in [0.5, 0.6) is 0 Å². The average Bonchev–Trinajstić information content (AvgIpc) is 3.43. The third kappa shape index (κ3) is 6.87. The molecular formula is C31H36N3O5P. The second kappa shape index (κ2) is 13.1. The van der Waals surface area contributed by atoms with E-state index in [1.807, 2.05) is 66.7 Å². The molecule has 9 heteroatoms. The Morgan fingerprint density at radius 2 is 1.38 bits per heavy atom. The van der Waals surface area contributed by atoms with Crippen LogP contribution in [0.3, 0.4) is 0 Å². The van der Waals surface area contributed by atoms with Crippen molar-refractivity contribution in [3.05, 3.63) is 108 Å². The minimum absolute atomic E-state index is 0.000994. The molecule has 2 amide bonds. The lowest BCUT2D eigenvalue weighted by Crippen LogP contribution is -2.54. The van der Waals surface area contributed by atoms with Crippen molar-refractivity contribution in [1.82, 2.24) is 9.57 Å². The van der Waals surface area contributed by atoms with Gasteiger partial charge in [0.05, 0.1) is 6.04 Å². The molecule has 1 aliphatic rings. The summed E-state index contributed by atoms with van der Waals surface area (Å²) in [5, 5.41) is 10.5. The first-order valence-electron chi connectivity index (χ1n) is 13.5. The summed E-state index contributed by atoms with van der Waals surface area (Å²) >= 11 is 0. The van der Waals surface area contributed by atoms with E-state index in [-0.39, 0.29) is 24.7 Å². The van der Waals surface area contributed by atoms with Crippen LogP contribution in [0, 0.1) is 0 Å². The van der Waals surface area contributed by atoms with Gasteiger partial charge in [0, 0.05) is 25.3 Å². The topological polar surface area (TPSA) is 121 Å². The molecule has 3 atom stereocenters. The van der Waals surface area contributed by atoms with Crippen LogP contribution in [-0.4, -0.2) is 57.1 Å². The Bertz CT molecular complexity index is 1310.